The highest BCUT2D eigenvalue weighted by Crippen LogP contribution is 2.13. The SMILES string of the molecule is CCCCCCCCCCC=CC(CC(=O)OCCO)C(=O)OCCO. The molecule has 6 heteroatoms. The Morgan fingerprint density at radius 3 is 2.08 bits per heavy atom. The Morgan fingerprint density at radius 2 is 1.46 bits per heavy atom. The first kappa shape index (κ1) is 24.6. The average Bonchev–Trinajstić information content (AvgIpc) is 2.64. The number of carbonyl (C=O) groups excluding carboxylic acids is 2. The predicted octanol–water partition coefficient (Wildman–Crippen LogP) is 3.15. The van der Waals surface area contributed by atoms with Crippen LogP contribution in [-0.4, -0.2) is 48.6 Å². The molecule has 0 bridgehead atoms. The molecule has 0 heterocycles. The second kappa shape index (κ2) is 18.4. The molecule has 2 N–H and O–H groups in total. The molecule has 6 nitrogen and oxygen atoms in total. The summed E-state index contributed by atoms with van der Waals surface area (Å²) in [5, 5.41) is 17.4. The van der Waals surface area contributed by atoms with E-state index in [9.17, 15) is 9.59 Å². The largest absolute Gasteiger partial charge is 0.463 e. The molecule has 0 radical (unpaired) electrons. The summed E-state index contributed by atoms with van der Waals surface area (Å²) in [4.78, 5) is 23.6. The fourth-order valence-corrected chi connectivity index (χ4v) is 2.54. The Bertz CT molecular complexity index is 380. The molecule has 0 aromatic heterocycles. The first-order valence-electron chi connectivity index (χ1n) is 9.86. The number of hydrogen-bond donors (Lipinski definition) is 2. The van der Waals surface area contributed by atoms with Crippen molar-refractivity contribution in [2.75, 3.05) is 26.4 Å². The van der Waals surface area contributed by atoms with Gasteiger partial charge in [0.25, 0.3) is 0 Å². The third-order valence-electron chi connectivity index (χ3n) is 3.97. The normalized spacial score (nSPS) is 12.3. The van der Waals surface area contributed by atoms with Crippen molar-refractivity contribution >= 4 is 11.9 Å². The molecule has 0 aliphatic carbocycles. The lowest BCUT2D eigenvalue weighted by Gasteiger charge is -2.11. The van der Waals surface area contributed by atoms with Crippen molar-refractivity contribution in [2.45, 2.75) is 71.1 Å². The molecule has 0 saturated carbocycles. The molecule has 0 spiro atoms. The Labute approximate surface area is 157 Å². The van der Waals surface area contributed by atoms with Crippen molar-refractivity contribution in [1.82, 2.24) is 0 Å². The van der Waals surface area contributed by atoms with Crippen LogP contribution in [0.4, 0.5) is 0 Å². The van der Waals surface area contributed by atoms with Gasteiger partial charge in [0.1, 0.15) is 13.2 Å². The predicted molar refractivity (Wildman–Crippen MR) is 101 cm³/mol. The van der Waals surface area contributed by atoms with Crippen LogP contribution >= 0.6 is 0 Å². The summed E-state index contributed by atoms with van der Waals surface area (Å²) in [7, 11) is 0. The number of unbranched alkanes of at least 4 members (excludes halogenated alkanes) is 8. The molecule has 0 aliphatic heterocycles. The van der Waals surface area contributed by atoms with Gasteiger partial charge >= 0.3 is 11.9 Å². The highest BCUT2D eigenvalue weighted by atomic mass is 16.5. The topological polar surface area (TPSA) is 93.1 Å². The molecule has 0 saturated heterocycles. The van der Waals surface area contributed by atoms with Gasteiger partial charge < -0.3 is 19.7 Å². The lowest BCUT2D eigenvalue weighted by Crippen LogP contribution is -2.22. The van der Waals surface area contributed by atoms with Crippen LogP contribution in [0.2, 0.25) is 0 Å². The van der Waals surface area contributed by atoms with E-state index in [0.717, 1.165) is 19.3 Å². The molecule has 0 aromatic rings. The van der Waals surface area contributed by atoms with Gasteiger partial charge in [-0.15, -0.1) is 0 Å². The van der Waals surface area contributed by atoms with Gasteiger partial charge in [-0.1, -0.05) is 64.0 Å². The number of esters is 2. The molecule has 1 atom stereocenters. The van der Waals surface area contributed by atoms with Gasteiger partial charge in [0.15, 0.2) is 0 Å². The van der Waals surface area contributed by atoms with Gasteiger partial charge in [0.2, 0.25) is 0 Å². The Hall–Kier alpha value is -1.40. The third kappa shape index (κ3) is 14.9. The van der Waals surface area contributed by atoms with E-state index in [1.54, 1.807) is 6.08 Å². The monoisotopic (exact) mass is 372 g/mol. The zero-order valence-corrected chi connectivity index (χ0v) is 16.2. The van der Waals surface area contributed by atoms with Crippen molar-refractivity contribution in [2.24, 2.45) is 5.92 Å². The molecule has 0 amide bonds. The van der Waals surface area contributed by atoms with Crippen LogP contribution in [0.25, 0.3) is 0 Å². The third-order valence-corrected chi connectivity index (χ3v) is 3.97. The summed E-state index contributed by atoms with van der Waals surface area (Å²) >= 11 is 0. The van der Waals surface area contributed by atoms with Crippen LogP contribution in [0, 0.1) is 5.92 Å². The Balaban J connectivity index is 4.12. The van der Waals surface area contributed by atoms with E-state index in [2.05, 4.69) is 6.92 Å². The molecule has 0 aliphatic rings. The minimum absolute atomic E-state index is 0.0841. The number of aliphatic hydroxyl groups is 2. The van der Waals surface area contributed by atoms with Crippen molar-refractivity contribution in [3.05, 3.63) is 12.2 Å². The van der Waals surface area contributed by atoms with Gasteiger partial charge in [-0.3, -0.25) is 9.59 Å². The number of carbonyl (C=O) groups is 2. The first-order valence-corrected chi connectivity index (χ1v) is 9.86. The smallest absolute Gasteiger partial charge is 0.313 e. The maximum absolute atomic E-state index is 12.0. The maximum atomic E-state index is 12.0. The lowest BCUT2D eigenvalue weighted by atomic mass is 10.0. The minimum atomic E-state index is -0.721. The van der Waals surface area contributed by atoms with Crippen molar-refractivity contribution in [3.8, 4) is 0 Å². The maximum Gasteiger partial charge on any atom is 0.313 e. The number of hydrogen-bond acceptors (Lipinski definition) is 6. The molecule has 152 valence electrons. The quantitative estimate of drug-likeness (QED) is 0.231. The second-order valence-corrected chi connectivity index (χ2v) is 6.34. The summed E-state index contributed by atoms with van der Waals surface area (Å²) in [5.41, 5.74) is 0. The summed E-state index contributed by atoms with van der Waals surface area (Å²) < 4.78 is 9.70. The number of aliphatic hydroxyl groups excluding tert-OH is 2. The average molecular weight is 373 g/mol. The second-order valence-electron chi connectivity index (χ2n) is 6.34. The standard InChI is InChI=1S/C20H36O6/c1-2-3-4-5-6-7-8-9-10-11-12-18(20(24)26-16-14-22)17-19(23)25-15-13-21/h11-12,18,21-22H,2-10,13-17H2,1H3. The fraction of sp³-hybridized carbons (Fsp3) is 0.800. The van der Waals surface area contributed by atoms with Crippen LogP contribution in [0.1, 0.15) is 71.1 Å². The molecule has 1 unspecified atom stereocenters. The molecule has 0 aromatic carbocycles. The molecule has 0 rings (SSSR count). The number of allylic oxidation sites excluding steroid dienone is 1. The van der Waals surface area contributed by atoms with E-state index in [-0.39, 0.29) is 32.8 Å². The summed E-state index contributed by atoms with van der Waals surface area (Å²) in [5.74, 6) is -1.82. The fourth-order valence-electron chi connectivity index (χ4n) is 2.54. The van der Waals surface area contributed by atoms with Crippen molar-refractivity contribution in [3.63, 3.8) is 0 Å². The number of ether oxygens (including phenoxy) is 2. The molecular formula is C20H36O6. The number of rotatable bonds is 17. The van der Waals surface area contributed by atoms with E-state index in [0.29, 0.717) is 0 Å². The molecular weight excluding hydrogens is 336 g/mol. The van der Waals surface area contributed by atoms with Gasteiger partial charge in [-0.05, 0) is 12.8 Å². The van der Waals surface area contributed by atoms with Crippen molar-refractivity contribution in [1.29, 1.82) is 0 Å². The summed E-state index contributed by atoms with van der Waals surface area (Å²) in [6, 6.07) is 0. The van der Waals surface area contributed by atoms with E-state index in [4.69, 9.17) is 19.7 Å². The van der Waals surface area contributed by atoms with E-state index in [1.165, 1.54) is 38.5 Å². The van der Waals surface area contributed by atoms with Crippen LogP contribution in [0.3, 0.4) is 0 Å². The van der Waals surface area contributed by atoms with Crippen LogP contribution in [0.5, 0.6) is 0 Å². The van der Waals surface area contributed by atoms with E-state index < -0.39 is 17.9 Å². The van der Waals surface area contributed by atoms with Gasteiger partial charge in [0.05, 0.1) is 25.6 Å². The Morgan fingerprint density at radius 1 is 0.885 bits per heavy atom. The van der Waals surface area contributed by atoms with Gasteiger partial charge in [-0.2, -0.15) is 0 Å². The van der Waals surface area contributed by atoms with Crippen LogP contribution in [0.15, 0.2) is 12.2 Å². The van der Waals surface area contributed by atoms with Crippen LogP contribution < -0.4 is 0 Å². The molecule has 26 heavy (non-hydrogen) atoms. The zero-order valence-electron chi connectivity index (χ0n) is 16.2. The lowest BCUT2D eigenvalue weighted by molar-refractivity contribution is -0.154. The highest BCUT2D eigenvalue weighted by Gasteiger charge is 2.21. The zero-order chi connectivity index (χ0) is 19.5. The highest BCUT2D eigenvalue weighted by molar-refractivity contribution is 5.81. The summed E-state index contributed by atoms with van der Waals surface area (Å²) in [6.45, 7) is 1.53. The molecule has 0 fully saturated rings. The van der Waals surface area contributed by atoms with E-state index in [1.807, 2.05) is 6.08 Å². The van der Waals surface area contributed by atoms with Crippen molar-refractivity contribution < 1.29 is 29.3 Å². The minimum Gasteiger partial charge on any atom is -0.463 e. The van der Waals surface area contributed by atoms with Gasteiger partial charge in [0, 0.05) is 0 Å². The van der Waals surface area contributed by atoms with Gasteiger partial charge in [-0.25, -0.2) is 0 Å². The van der Waals surface area contributed by atoms with E-state index >= 15 is 0 Å². The summed E-state index contributed by atoms with van der Waals surface area (Å²) in [6.07, 6.45) is 14.2. The first-order chi connectivity index (χ1) is 12.7. The Kier molecular flexibility index (Phi) is 17.4. The van der Waals surface area contributed by atoms with Crippen LogP contribution in [-0.2, 0) is 19.1 Å².